The molecule has 1 atom stereocenters. The lowest BCUT2D eigenvalue weighted by atomic mass is 10.1. The van der Waals surface area contributed by atoms with E-state index in [0.717, 1.165) is 17.7 Å². The van der Waals surface area contributed by atoms with Crippen molar-refractivity contribution in [1.82, 2.24) is 10.6 Å². The molecule has 0 bridgehead atoms. The van der Waals surface area contributed by atoms with Gasteiger partial charge in [-0.05, 0) is 31.1 Å². The highest BCUT2D eigenvalue weighted by Crippen LogP contribution is 2.36. The van der Waals surface area contributed by atoms with E-state index in [4.69, 9.17) is 0 Å². The first-order valence-corrected chi connectivity index (χ1v) is 7.86. The molecule has 1 saturated heterocycles. The molecule has 7 heteroatoms. The Morgan fingerprint density at radius 2 is 2.10 bits per heavy atom. The molecule has 1 aromatic rings. The van der Waals surface area contributed by atoms with Crippen LogP contribution in [0.1, 0.15) is 25.3 Å². The third-order valence-corrected chi connectivity index (χ3v) is 5.06. The zero-order valence-corrected chi connectivity index (χ0v) is 12.7. The van der Waals surface area contributed by atoms with E-state index in [9.17, 15) is 14.9 Å². The summed E-state index contributed by atoms with van der Waals surface area (Å²) in [5.74, 6) is 1.16. The number of thioether (sulfide) groups is 1. The molecule has 1 aromatic carbocycles. The molecule has 1 fully saturated rings. The minimum Gasteiger partial charge on any atom is -0.337 e. The first-order chi connectivity index (χ1) is 9.98. The summed E-state index contributed by atoms with van der Waals surface area (Å²) in [6.07, 6.45) is 2.33. The number of urea groups is 1. The molecule has 21 heavy (non-hydrogen) atoms. The van der Waals surface area contributed by atoms with Gasteiger partial charge in [0.2, 0.25) is 0 Å². The van der Waals surface area contributed by atoms with Gasteiger partial charge in [0.05, 0.1) is 4.92 Å². The van der Waals surface area contributed by atoms with Crippen LogP contribution in [0, 0.1) is 10.1 Å². The van der Waals surface area contributed by atoms with Crippen LogP contribution in [0.25, 0.3) is 0 Å². The highest BCUT2D eigenvalue weighted by molar-refractivity contribution is 8.00. The van der Waals surface area contributed by atoms with E-state index in [1.54, 1.807) is 12.1 Å². The van der Waals surface area contributed by atoms with E-state index in [1.165, 1.54) is 18.6 Å². The van der Waals surface area contributed by atoms with Gasteiger partial charge >= 0.3 is 6.03 Å². The largest absolute Gasteiger partial charge is 0.337 e. The predicted octanol–water partition coefficient (Wildman–Crippen LogP) is 2.68. The van der Waals surface area contributed by atoms with Crippen molar-refractivity contribution in [3.8, 4) is 0 Å². The number of non-ortho nitro benzene ring substituents is 1. The minimum atomic E-state index is -0.441. The maximum Gasteiger partial charge on any atom is 0.315 e. The highest BCUT2D eigenvalue weighted by Gasteiger charge is 2.29. The van der Waals surface area contributed by atoms with Crippen LogP contribution < -0.4 is 10.6 Å². The third kappa shape index (κ3) is 4.63. The van der Waals surface area contributed by atoms with Crippen molar-refractivity contribution in [1.29, 1.82) is 0 Å². The number of nitro groups is 1. The van der Waals surface area contributed by atoms with Gasteiger partial charge in [0, 0.05) is 30.0 Å². The van der Waals surface area contributed by atoms with E-state index in [-0.39, 0.29) is 16.5 Å². The van der Waals surface area contributed by atoms with Crippen molar-refractivity contribution in [2.45, 2.75) is 31.1 Å². The van der Waals surface area contributed by atoms with Gasteiger partial charge in [0.25, 0.3) is 5.69 Å². The smallest absolute Gasteiger partial charge is 0.315 e. The molecule has 1 aliphatic heterocycles. The van der Waals surface area contributed by atoms with Crippen molar-refractivity contribution in [3.05, 3.63) is 39.9 Å². The molecule has 114 valence electrons. The molecule has 2 N–H and O–H groups in total. The Balaban J connectivity index is 1.74. The number of carbonyl (C=O) groups excluding carboxylic acids is 1. The first-order valence-electron chi connectivity index (χ1n) is 6.87. The molecule has 1 heterocycles. The molecule has 0 aromatic heterocycles. The van der Waals surface area contributed by atoms with Crippen molar-refractivity contribution < 1.29 is 9.72 Å². The molecule has 1 aliphatic rings. The summed E-state index contributed by atoms with van der Waals surface area (Å²) in [4.78, 5) is 21.9. The van der Waals surface area contributed by atoms with Crippen LogP contribution in [0.15, 0.2) is 24.3 Å². The fourth-order valence-corrected chi connectivity index (χ4v) is 3.47. The van der Waals surface area contributed by atoms with Gasteiger partial charge < -0.3 is 10.6 Å². The summed E-state index contributed by atoms with van der Waals surface area (Å²) in [6, 6.07) is 5.96. The zero-order valence-electron chi connectivity index (χ0n) is 11.9. The number of hydrogen-bond donors (Lipinski definition) is 2. The summed E-state index contributed by atoms with van der Waals surface area (Å²) in [7, 11) is 0. The Hall–Kier alpha value is -1.76. The molecule has 0 aliphatic carbocycles. The first kappa shape index (κ1) is 15.6. The van der Waals surface area contributed by atoms with Gasteiger partial charge in [-0.2, -0.15) is 11.8 Å². The average molecular weight is 309 g/mol. The molecule has 0 unspecified atom stereocenters. The topological polar surface area (TPSA) is 84.3 Å². The van der Waals surface area contributed by atoms with Gasteiger partial charge in [-0.3, -0.25) is 10.1 Å². The standard InChI is InChI=1S/C14H19N3O3S/c1-14(7-2-8-21-14)10-16-13(18)15-9-11-3-5-12(6-4-11)17(19)20/h3-6H,2,7-10H2,1H3,(H2,15,16,18)/t14-/m1/s1. The molecule has 2 rings (SSSR count). The van der Waals surface area contributed by atoms with E-state index >= 15 is 0 Å². The Bertz CT molecular complexity index is 513. The van der Waals surface area contributed by atoms with Gasteiger partial charge in [-0.15, -0.1) is 0 Å². The second-order valence-corrected chi connectivity index (χ2v) is 7.04. The summed E-state index contributed by atoms with van der Waals surface area (Å²) in [6.45, 7) is 3.18. The van der Waals surface area contributed by atoms with Gasteiger partial charge in [-0.25, -0.2) is 4.79 Å². The molecule has 6 nitrogen and oxygen atoms in total. The molecule has 0 saturated carbocycles. The maximum atomic E-state index is 11.8. The number of rotatable bonds is 5. The summed E-state index contributed by atoms with van der Waals surface area (Å²) >= 11 is 1.90. The number of hydrogen-bond acceptors (Lipinski definition) is 4. The lowest BCUT2D eigenvalue weighted by molar-refractivity contribution is -0.384. The van der Waals surface area contributed by atoms with Crippen LogP contribution in [0.2, 0.25) is 0 Å². The van der Waals surface area contributed by atoms with Gasteiger partial charge in [0.1, 0.15) is 0 Å². The van der Waals surface area contributed by atoms with Gasteiger partial charge in [-0.1, -0.05) is 12.1 Å². The van der Waals surface area contributed by atoms with Crippen LogP contribution in [-0.2, 0) is 6.54 Å². The molecular weight excluding hydrogens is 290 g/mol. The number of carbonyl (C=O) groups is 1. The summed E-state index contributed by atoms with van der Waals surface area (Å²) in [5.41, 5.74) is 0.881. The maximum absolute atomic E-state index is 11.8. The van der Waals surface area contributed by atoms with E-state index in [1.807, 2.05) is 11.8 Å². The van der Waals surface area contributed by atoms with E-state index in [2.05, 4.69) is 17.6 Å². The second-order valence-electron chi connectivity index (χ2n) is 5.36. The Morgan fingerprint density at radius 1 is 1.38 bits per heavy atom. The molecule has 0 radical (unpaired) electrons. The van der Waals surface area contributed by atoms with Crippen molar-refractivity contribution in [3.63, 3.8) is 0 Å². The van der Waals surface area contributed by atoms with Crippen LogP contribution in [-0.4, -0.2) is 28.0 Å². The monoisotopic (exact) mass is 309 g/mol. The fraction of sp³-hybridized carbons (Fsp3) is 0.500. The third-order valence-electron chi connectivity index (χ3n) is 3.52. The molecular formula is C14H19N3O3S. The number of amides is 2. The lowest BCUT2D eigenvalue weighted by Crippen LogP contribution is -2.42. The zero-order chi connectivity index (χ0) is 15.3. The van der Waals surface area contributed by atoms with E-state index in [0.29, 0.717) is 13.1 Å². The normalized spacial score (nSPS) is 21.0. The minimum absolute atomic E-state index is 0.0504. The average Bonchev–Trinajstić information content (AvgIpc) is 2.91. The highest BCUT2D eigenvalue weighted by atomic mass is 32.2. The Kier molecular flexibility index (Phi) is 5.06. The SMILES string of the molecule is C[C@]1(CNC(=O)NCc2ccc([N+](=O)[O-])cc2)CCCS1. The quantitative estimate of drug-likeness (QED) is 0.647. The van der Waals surface area contributed by atoms with Crippen LogP contribution in [0.5, 0.6) is 0 Å². The number of nitrogens with one attached hydrogen (secondary N) is 2. The van der Waals surface area contributed by atoms with Crippen molar-refractivity contribution in [2.24, 2.45) is 0 Å². The number of nitrogens with zero attached hydrogens (tertiary/aromatic N) is 1. The summed E-state index contributed by atoms with van der Waals surface area (Å²) in [5, 5.41) is 16.2. The van der Waals surface area contributed by atoms with Crippen molar-refractivity contribution >= 4 is 23.5 Å². The molecule has 0 spiro atoms. The number of nitro benzene ring substituents is 1. The summed E-state index contributed by atoms with van der Waals surface area (Å²) < 4.78 is 0.144. The Labute approximate surface area is 127 Å². The lowest BCUT2D eigenvalue weighted by Gasteiger charge is -2.22. The van der Waals surface area contributed by atoms with E-state index < -0.39 is 4.92 Å². The number of benzene rings is 1. The predicted molar refractivity (Wildman–Crippen MR) is 83.4 cm³/mol. The second kappa shape index (κ2) is 6.80. The Morgan fingerprint density at radius 3 is 2.67 bits per heavy atom. The fourth-order valence-electron chi connectivity index (χ4n) is 2.22. The van der Waals surface area contributed by atoms with Crippen LogP contribution >= 0.6 is 11.8 Å². The molecule has 2 amide bonds. The van der Waals surface area contributed by atoms with Gasteiger partial charge in [0.15, 0.2) is 0 Å². The van der Waals surface area contributed by atoms with Crippen LogP contribution in [0.3, 0.4) is 0 Å². The van der Waals surface area contributed by atoms with Crippen molar-refractivity contribution in [2.75, 3.05) is 12.3 Å². The van der Waals surface area contributed by atoms with Crippen LogP contribution in [0.4, 0.5) is 10.5 Å².